The van der Waals surface area contributed by atoms with Crippen LogP contribution in [0.25, 0.3) is 0 Å². The van der Waals surface area contributed by atoms with Crippen LogP contribution in [0, 0.1) is 18.8 Å². The average Bonchev–Trinajstić information content (AvgIpc) is 2.78. The first-order valence-corrected chi connectivity index (χ1v) is 7.42. The van der Waals surface area contributed by atoms with Crippen molar-refractivity contribution in [2.45, 2.75) is 20.3 Å². The smallest absolute Gasteiger partial charge is 0.306 e. The van der Waals surface area contributed by atoms with E-state index in [1.807, 2.05) is 19.9 Å². The maximum atomic E-state index is 12.5. The minimum atomic E-state index is -0.769. The van der Waals surface area contributed by atoms with Gasteiger partial charge in [0.2, 0.25) is 0 Å². The fourth-order valence-electron chi connectivity index (χ4n) is 2.63. The zero-order valence-corrected chi connectivity index (χ0v) is 12.7. The summed E-state index contributed by atoms with van der Waals surface area (Å²) in [5, 5.41) is 9.11. The van der Waals surface area contributed by atoms with Gasteiger partial charge in [-0.25, -0.2) is 0 Å². The Kier molecular flexibility index (Phi) is 4.32. The molecule has 1 aromatic heterocycles. The molecule has 0 aliphatic carbocycles. The van der Waals surface area contributed by atoms with Crippen molar-refractivity contribution in [2.75, 3.05) is 20.2 Å². The second-order valence-electron chi connectivity index (χ2n) is 5.22. The molecule has 110 valence electrons. The van der Waals surface area contributed by atoms with Crippen LogP contribution >= 0.6 is 11.3 Å². The molecule has 0 radical (unpaired) electrons. The van der Waals surface area contributed by atoms with E-state index in [4.69, 9.17) is 9.84 Å². The molecule has 1 aliphatic rings. The first-order chi connectivity index (χ1) is 9.43. The van der Waals surface area contributed by atoms with Crippen LogP contribution in [-0.2, 0) is 4.79 Å². The number of piperidine rings is 1. The number of methoxy groups -OCH3 is 1. The fraction of sp³-hybridized carbons (Fsp3) is 0.571. The second kappa shape index (κ2) is 5.83. The number of hydrogen-bond acceptors (Lipinski definition) is 4. The van der Waals surface area contributed by atoms with Gasteiger partial charge >= 0.3 is 5.97 Å². The Morgan fingerprint density at radius 1 is 1.50 bits per heavy atom. The van der Waals surface area contributed by atoms with Crippen molar-refractivity contribution in [2.24, 2.45) is 11.8 Å². The molecule has 2 unspecified atom stereocenters. The highest BCUT2D eigenvalue weighted by Gasteiger charge is 2.34. The molecular weight excluding hydrogens is 278 g/mol. The third-order valence-electron chi connectivity index (χ3n) is 3.75. The van der Waals surface area contributed by atoms with Crippen molar-refractivity contribution in [3.8, 4) is 5.75 Å². The first-order valence-electron chi connectivity index (χ1n) is 6.60. The van der Waals surface area contributed by atoms with E-state index in [0.717, 1.165) is 4.88 Å². The van der Waals surface area contributed by atoms with Crippen LogP contribution in [0.3, 0.4) is 0 Å². The molecule has 2 rings (SSSR count). The van der Waals surface area contributed by atoms with E-state index in [9.17, 15) is 9.59 Å². The number of likely N-dealkylation sites (tertiary alicyclic amines) is 1. The van der Waals surface area contributed by atoms with Gasteiger partial charge in [-0.3, -0.25) is 9.59 Å². The van der Waals surface area contributed by atoms with Gasteiger partial charge in [-0.15, -0.1) is 11.3 Å². The number of aryl methyl sites for hydroxylation is 1. The maximum absolute atomic E-state index is 12.5. The van der Waals surface area contributed by atoms with Gasteiger partial charge in [0.05, 0.1) is 13.0 Å². The topological polar surface area (TPSA) is 66.8 Å². The van der Waals surface area contributed by atoms with Gasteiger partial charge in [-0.05, 0) is 25.3 Å². The van der Waals surface area contributed by atoms with Gasteiger partial charge in [-0.1, -0.05) is 6.92 Å². The van der Waals surface area contributed by atoms with E-state index in [0.29, 0.717) is 30.1 Å². The second-order valence-corrected chi connectivity index (χ2v) is 6.47. The largest absolute Gasteiger partial charge is 0.495 e. The van der Waals surface area contributed by atoms with Crippen molar-refractivity contribution in [3.05, 3.63) is 15.8 Å². The van der Waals surface area contributed by atoms with E-state index in [-0.39, 0.29) is 17.7 Å². The lowest BCUT2D eigenvalue weighted by Gasteiger charge is -2.34. The van der Waals surface area contributed by atoms with E-state index >= 15 is 0 Å². The number of thiophene rings is 1. The SMILES string of the molecule is COc1cc(C)sc1C(=O)N1CCC(C(=O)O)C(C)C1. The molecule has 1 aliphatic heterocycles. The lowest BCUT2D eigenvalue weighted by atomic mass is 9.87. The van der Waals surface area contributed by atoms with Crippen LogP contribution in [0.1, 0.15) is 27.9 Å². The molecule has 0 bridgehead atoms. The number of aliphatic carboxylic acids is 1. The molecule has 20 heavy (non-hydrogen) atoms. The third kappa shape index (κ3) is 2.80. The Balaban J connectivity index is 2.13. The Morgan fingerprint density at radius 2 is 2.20 bits per heavy atom. The Morgan fingerprint density at radius 3 is 2.75 bits per heavy atom. The van der Waals surface area contributed by atoms with Crippen molar-refractivity contribution in [1.82, 2.24) is 4.90 Å². The molecule has 1 amide bonds. The monoisotopic (exact) mass is 297 g/mol. The van der Waals surface area contributed by atoms with E-state index in [1.165, 1.54) is 11.3 Å². The summed E-state index contributed by atoms with van der Waals surface area (Å²) in [6, 6.07) is 1.85. The minimum absolute atomic E-state index is 0.0303. The highest BCUT2D eigenvalue weighted by Crippen LogP contribution is 2.32. The van der Waals surface area contributed by atoms with E-state index < -0.39 is 5.97 Å². The molecule has 2 atom stereocenters. The zero-order chi connectivity index (χ0) is 14.9. The zero-order valence-electron chi connectivity index (χ0n) is 11.9. The van der Waals surface area contributed by atoms with Crippen LogP contribution < -0.4 is 4.74 Å². The number of carboxylic acids is 1. The summed E-state index contributed by atoms with van der Waals surface area (Å²) in [4.78, 5) is 27.0. The number of carbonyl (C=O) groups is 2. The molecular formula is C14H19NO4S. The molecule has 2 heterocycles. The minimum Gasteiger partial charge on any atom is -0.495 e. The molecule has 0 saturated carbocycles. The van der Waals surface area contributed by atoms with E-state index in [1.54, 1.807) is 12.0 Å². The molecule has 1 aromatic rings. The first kappa shape index (κ1) is 14.8. The molecule has 1 saturated heterocycles. The van der Waals surface area contributed by atoms with Crippen LogP contribution in [-0.4, -0.2) is 42.1 Å². The number of hydrogen-bond donors (Lipinski definition) is 1. The number of nitrogens with zero attached hydrogens (tertiary/aromatic N) is 1. The standard InChI is InChI=1S/C14H19NO4S/c1-8-7-15(5-4-10(8)14(17)18)13(16)12-11(19-3)6-9(2)20-12/h6,8,10H,4-5,7H2,1-3H3,(H,17,18). The summed E-state index contributed by atoms with van der Waals surface area (Å²) in [6.45, 7) is 4.79. The maximum Gasteiger partial charge on any atom is 0.306 e. The Hall–Kier alpha value is -1.56. The van der Waals surface area contributed by atoms with Gasteiger partial charge in [0.15, 0.2) is 0 Å². The molecule has 1 N–H and O–H groups in total. The van der Waals surface area contributed by atoms with Crippen molar-refractivity contribution in [3.63, 3.8) is 0 Å². The van der Waals surface area contributed by atoms with Crippen LogP contribution in [0.4, 0.5) is 0 Å². The number of rotatable bonds is 3. The predicted octanol–water partition coefficient (Wildman–Crippen LogP) is 2.25. The Labute approximate surface area is 122 Å². The summed E-state index contributed by atoms with van der Waals surface area (Å²) >= 11 is 1.42. The summed E-state index contributed by atoms with van der Waals surface area (Å²) in [5.41, 5.74) is 0. The Bertz CT molecular complexity index is 525. The number of carbonyl (C=O) groups excluding carboxylic acids is 1. The van der Waals surface area contributed by atoms with Gasteiger partial charge in [-0.2, -0.15) is 0 Å². The van der Waals surface area contributed by atoms with Crippen LogP contribution in [0.15, 0.2) is 6.07 Å². The van der Waals surface area contributed by atoms with E-state index in [2.05, 4.69) is 0 Å². The van der Waals surface area contributed by atoms with Crippen LogP contribution in [0.5, 0.6) is 5.75 Å². The van der Waals surface area contributed by atoms with Gasteiger partial charge in [0.1, 0.15) is 10.6 Å². The summed E-state index contributed by atoms with van der Waals surface area (Å²) in [7, 11) is 1.55. The van der Waals surface area contributed by atoms with Crippen molar-refractivity contribution in [1.29, 1.82) is 0 Å². The molecule has 1 fully saturated rings. The highest BCUT2D eigenvalue weighted by atomic mass is 32.1. The molecule has 5 nitrogen and oxygen atoms in total. The molecule has 0 aromatic carbocycles. The summed E-state index contributed by atoms with van der Waals surface area (Å²) in [5.74, 6) is -0.612. The molecule has 0 spiro atoms. The van der Waals surface area contributed by atoms with Gasteiger partial charge < -0.3 is 14.7 Å². The number of carboxylic acid groups (broad SMARTS) is 1. The van der Waals surface area contributed by atoms with Crippen molar-refractivity contribution >= 4 is 23.2 Å². The highest BCUT2D eigenvalue weighted by molar-refractivity contribution is 7.14. The molecule has 6 heteroatoms. The van der Waals surface area contributed by atoms with Gasteiger partial charge in [0, 0.05) is 18.0 Å². The number of ether oxygens (including phenoxy) is 1. The summed E-state index contributed by atoms with van der Waals surface area (Å²) < 4.78 is 5.23. The van der Waals surface area contributed by atoms with Crippen LogP contribution in [0.2, 0.25) is 0 Å². The lowest BCUT2D eigenvalue weighted by molar-refractivity contribution is -0.145. The average molecular weight is 297 g/mol. The normalized spacial score (nSPS) is 22.6. The fourth-order valence-corrected chi connectivity index (χ4v) is 3.58. The van der Waals surface area contributed by atoms with Crippen molar-refractivity contribution < 1.29 is 19.4 Å². The third-order valence-corrected chi connectivity index (χ3v) is 4.76. The predicted molar refractivity (Wildman–Crippen MR) is 76.4 cm³/mol. The summed E-state index contributed by atoms with van der Waals surface area (Å²) in [6.07, 6.45) is 0.509. The quantitative estimate of drug-likeness (QED) is 0.929. The lowest BCUT2D eigenvalue weighted by Crippen LogP contribution is -2.44. The van der Waals surface area contributed by atoms with Gasteiger partial charge in [0.25, 0.3) is 5.91 Å². The number of amides is 1.